The molecule has 2 nitrogen and oxygen atoms in total. The number of pyridine rings is 1. The van der Waals surface area contributed by atoms with Crippen molar-refractivity contribution in [3.05, 3.63) is 82.7 Å². The summed E-state index contributed by atoms with van der Waals surface area (Å²) in [5.41, 5.74) is 11.1. The molecule has 2 aromatic heterocycles. The zero-order valence-electron chi connectivity index (χ0n) is 17.3. The Morgan fingerprint density at radius 2 is 1.59 bits per heavy atom. The van der Waals surface area contributed by atoms with Crippen molar-refractivity contribution < 1.29 is 20.1 Å². The van der Waals surface area contributed by atoms with E-state index in [4.69, 9.17) is 4.98 Å². The normalized spacial score (nSPS) is 11.3. The molecule has 0 aliphatic carbocycles. The van der Waals surface area contributed by atoms with Gasteiger partial charge in [0, 0.05) is 37.5 Å². The van der Waals surface area contributed by atoms with Crippen molar-refractivity contribution in [3.8, 4) is 11.1 Å². The van der Waals surface area contributed by atoms with Gasteiger partial charge >= 0.3 is 0 Å². The third-order valence-corrected chi connectivity index (χ3v) is 5.70. The molecule has 5 rings (SSSR count). The molecule has 147 valence electrons. The smallest absolute Gasteiger partial charge is 0.0612 e. The molecule has 3 heteroatoms. The predicted molar refractivity (Wildman–Crippen MR) is 118 cm³/mol. The summed E-state index contributed by atoms with van der Waals surface area (Å²) < 4.78 is 2.23. The minimum absolute atomic E-state index is 0. The molecule has 0 saturated heterocycles. The van der Waals surface area contributed by atoms with E-state index in [0.29, 0.717) is 0 Å². The van der Waals surface area contributed by atoms with Gasteiger partial charge in [-0.1, -0.05) is 29.1 Å². The molecule has 0 aliphatic rings. The molecule has 5 aromatic rings. The first kappa shape index (κ1) is 19.8. The number of imidazole rings is 1. The van der Waals surface area contributed by atoms with Crippen molar-refractivity contribution in [1.82, 2.24) is 9.38 Å². The van der Waals surface area contributed by atoms with E-state index in [1.54, 1.807) is 0 Å². The Kier molecular flexibility index (Phi) is 4.85. The van der Waals surface area contributed by atoms with E-state index in [1.165, 1.54) is 49.7 Å². The van der Waals surface area contributed by atoms with Crippen LogP contribution in [-0.4, -0.2) is 9.38 Å². The molecule has 0 bridgehead atoms. The third kappa shape index (κ3) is 3.01. The van der Waals surface area contributed by atoms with Gasteiger partial charge in [-0.3, -0.25) is 4.98 Å². The van der Waals surface area contributed by atoms with Crippen LogP contribution in [0, 0.1) is 40.7 Å². The number of rotatable bonds is 1. The summed E-state index contributed by atoms with van der Waals surface area (Å²) in [6.45, 7) is 10.8. The fraction of sp³-hybridized carbons (Fsp3) is 0.192. The van der Waals surface area contributed by atoms with Crippen LogP contribution in [0.2, 0.25) is 0 Å². The molecule has 0 unspecified atom stereocenters. The van der Waals surface area contributed by atoms with Crippen molar-refractivity contribution in [3.63, 3.8) is 0 Å². The monoisotopic (exact) mass is 556 g/mol. The van der Waals surface area contributed by atoms with Gasteiger partial charge in [0.05, 0.1) is 5.65 Å². The van der Waals surface area contributed by atoms with Crippen molar-refractivity contribution >= 4 is 27.3 Å². The number of aryl methyl sites for hydroxylation is 5. The number of hydrogen-bond donors (Lipinski definition) is 0. The Morgan fingerprint density at radius 3 is 2.31 bits per heavy atom. The van der Waals surface area contributed by atoms with Crippen molar-refractivity contribution in [2.45, 2.75) is 34.6 Å². The van der Waals surface area contributed by atoms with Crippen LogP contribution < -0.4 is 0 Å². The number of hydrogen-bond acceptors (Lipinski definition) is 1. The molecule has 1 radical (unpaired) electrons. The van der Waals surface area contributed by atoms with E-state index in [9.17, 15) is 0 Å². The zero-order valence-corrected chi connectivity index (χ0v) is 19.7. The third-order valence-electron chi connectivity index (χ3n) is 5.70. The van der Waals surface area contributed by atoms with E-state index in [1.807, 2.05) is 6.07 Å². The van der Waals surface area contributed by atoms with Gasteiger partial charge in [-0.05, 0) is 73.9 Å². The Hall–Kier alpha value is -2.48. The zero-order chi connectivity index (χ0) is 19.6. The summed E-state index contributed by atoms with van der Waals surface area (Å²) in [5, 5.41) is 3.55. The molecule has 0 amide bonds. The van der Waals surface area contributed by atoms with Gasteiger partial charge < -0.3 is 4.40 Å². The Labute approximate surface area is 184 Å². The van der Waals surface area contributed by atoms with Crippen LogP contribution in [0.25, 0.3) is 38.4 Å². The van der Waals surface area contributed by atoms with Crippen molar-refractivity contribution in [1.29, 1.82) is 0 Å². The standard InChI is InChI=1S/C26H23N2.Ir/c1-15-10-16(2)24(17(3)11-15)20-12-18(4)25-23(13-20)21-8-6-7-9-22(21)26-27-19(5)14-28(25)26;/h6-8,10-14H,1-5H3;/q-1;. The molecule has 0 spiro atoms. The summed E-state index contributed by atoms with van der Waals surface area (Å²) in [5.74, 6) is 0. The largest absolute Gasteiger partial charge is 0.340 e. The van der Waals surface area contributed by atoms with Crippen LogP contribution in [0.15, 0.2) is 48.7 Å². The molecule has 0 aliphatic heterocycles. The average molecular weight is 556 g/mol. The molecule has 29 heavy (non-hydrogen) atoms. The van der Waals surface area contributed by atoms with E-state index < -0.39 is 0 Å². The summed E-state index contributed by atoms with van der Waals surface area (Å²) in [4.78, 5) is 4.78. The van der Waals surface area contributed by atoms with Gasteiger partial charge in [0.25, 0.3) is 0 Å². The number of aromatic nitrogens is 2. The Balaban J connectivity index is 0.00000205. The first-order valence-electron chi connectivity index (χ1n) is 9.74. The maximum Gasteiger partial charge on any atom is 0.0612 e. The SMILES string of the molecule is Cc1cc(C)c(-c2cc(C)c3c(c2)c2ccc[c-]c2c2nc(C)cn23)c(C)c1.[Ir]. The molecule has 3 aromatic carbocycles. The molecule has 0 saturated carbocycles. The number of nitrogens with zero attached hydrogens (tertiary/aromatic N) is 2. The van der Waals surface area contributed by atoms with E-state index >= 15 is 0 Å². The van der Waals surface area contributed by atoms with Crippen molar-refractivity contribution in [2.75, 3.05) is 0 Å². The van der Waals surface area contributed by atoms with Gasteiger partial charge in [0.1, 0.15) is 0 Å². The van der Waals surface area contributed by atoms with Gasteiger partial charge in [0.2, 0.25) is 0 Å². The second-order valence-corrected chi connectivity index (χ2v) is 8.00. The number of benzene rings is 3. The fourth-order valence-corrected chi connectivity index (χ4v) is 4.78. The first-order valence-corrected chi connectivity index (χ1v) is 9.74. The summed E-state index contributed by atoms with van der Waals surface area (Å²) in [7, 11) is 0. The fourth-order valence-electron chi connectivity index (χ4n) is 4.78. The first-order chi connectivity index (χ1) is 13.4. The van der Waals surface area contributed by atoms with Gasteiger partial charge in [0.15, 0.2) is 0 Å². The van der Waals surface area contributed by atoms with Crippen LogP contribution in [0.1, 0.15) is 27.9 Å². The van der Waals surface area contributed by atoms with Gasteiger partial charge in [-0.15, -0.1) is 29.7 Å². The minimum atomic E-state index is 0. The second kappa shape index (κ2) is 7.09. The Morgan fingerprint density at radius 1 is 0.862 bits per heavy atom. The van der Waals surface area contributed by atoms with Crippen LogP contribution in [-0.2, 0) is 20.1 Å². The molecule has 0 fully saturated rings. The van der Waals surface area contributed by atoms with E-state index in [0.717, 1.165) is 16.7 Å². The van der Waals surface area contributed by atoms with E-state index in [2.05, 4.69) is 87.7 Å². The van der Waals surface area contributed by atoms with Gasteiger partial charge in [-0.25, -0.2) is 0 Å². The van der Waals surface area contributed by atoms with Crippen LogP contribution in [0.3, 0.4) is 0 Å². The van der Waals surface area contributed by atoms with Crippen LogP contribution >= 0.6 is 0 Å². The van der Waals surface area contributed by atoms with E-state index in [-0.39, 0.29) is 20.1 Å². The predicted octanol–water partition coefficient (Wildman–Crippen LogP) is 6.65. The molecule has 2 heterocycles. The van der Waals surface area contributed by atoms with Gasteiger partial charge in [-0.2, -0.15) is 0 Å². The molecular formula is C26H23IrN2-. The topological polar surface area (TPSA) is 17.3 Å². The van der Waals surface area contributed by atoms with Crippen LogP contribution in [0.4, 0.5) is 0 Å². The summed E-state index contributed by atoms with van der Waals surface area (Å²) in [6.07, 6.45) is 2.13. The summed E-state index contributed by atoms with van der Waals surface area (Å²) >= 11 is 0. The molecule has 0 atom stereocenters. The average Bonchev–Trinajstić information content (AvgIpc) is 3.02. The molecular weight excluding hydrogens is 533 g/mol. The summed E-state index contributed by atoms with van der Waals surface area (Å²) in [6, 6.07) is 18.9. The minimum Gasteiger partial charge on any atom is -0.340 e. The van der Waals surface area contributed by atoms with Crippen LogP contribution in [0.5, 0.6) is 0 Å². The quantitative estimate of drug-likeness (QED) is 0.167. The van der Waals surface area contributed by atoms with Crippen molar-refractivity contribution in [2.24, 2.45) is 0 Å². The number of fused-ring (bicyclic) bond motifs is 6. The Bertz CT molecular complexity index is 1390. The second-order valence-electron chi connectivity index (χ2n) is 8.00. The maximum absolute atomic E-state index is 4.78. The molecule has 0 N–H and O–H groups in total. The maximum atomic E-state index is 4.78.